The van der Waals surface area contributed by atoms with E-state index in [0.29, 0.717) is 12.4 Å². The van der Waals surface area contributed by atoms with Gasteiger partial charge >= 0.3 is 0 Å². The first kappa shape index (κ1) is 10.6. The van der Waals surface area contributed by atoms with Crippen LogP contribution >= 0.6 is 0 Å². The summed E-state index contributed by atoms with van der Waals surface area (Å²) in [6.45, 7) is 0.392. The predicted octanol–water partition coefficient (Wildman–Crippen LogP) is 2.14. The summed E-state index contributed by atoms with van der Waals surface area (Å²) in [4.78, 5) is 13.5. The number of carbonyl (C=O) groups excluding carboxylic acids is 1. The maximum Gasteiger partial charge on any atom is 0.296 e. The first-order valence-corrected chi connectivity index (χ1v) is 5.56. The number of hydrogen-bond donors (Lipinski definition) is 0. The molecular formula is C13H11N3O2. The highest BCUT2D eigenvalue weighted by Gasteiger charge is 2.23. The molecule has 1 amide bonds. The van der Waals surface area contributed by atoms with Crippen molar-refractivity contribution in [2.45, 2.75) is 0 Å². The van der Waals surface area contributed by atoms with E-state index in [1.54, 1.807) is 17.1 Å². The molecule has 1 aromatic heterocycles. The lowest BCUT2D eigenvalue weighted by molar-refractivity contribution is 0.0830. The second kappa shape index (κ2) is 4.37. The van der Waals surface area contributed by atoms with Crippen LogP contribution in [0.2, 0.25) is 0 Å². The van der Waals surface area contributed by atoms with Crippen LogP contribution in [-0.4, -0.2) is 23.8 Å². The molecule has 0 saturated carbocycles. The van der Waals surface area contributed by atoms with E-state index in [2.05, 4.69) is 5.10 Å². The van der Waals surface area contributed by atoms with E-state index in [9.17, 15) is 4.79 Å². The lowest BCUT2D eigenvalue weighted by Crippen LogP contribution is -2.32. The van der Waals surface area contributed by atoms with Gasteiger partial charge in [-0.2, -0.15) is 5.10 Å². The molecule has 0 radical (unpaired) electrons. The molecule has 0 N–H and O–H groups in total. The fourth-order valence-electron chi connectivity index (χ4n) is 1.75. The number of benzene rings is 1. The van der Waals surface area contributed by atoms with Crippen LogP contribution in [0.5, 0.6) is 0 Å². The van der Waals surface area contributed by atoms with Gasteiger partial charge in [0.15, 0.2) is 5.76 Å². The molecule has 5 heteroatoms. The monoisotopic (exact) mass is 241 g/mol. The van der Waals surface area contributed by atoms with Gasteiger partial charge in [-0.1, -0.05) is 18.2 Å². The number of para-hydroxylation sites is 1. The molecule has 2 heterocycles. The van der Waals surface area contributed by atoms with Gasteiger partial charge in [-0.05, 0) is 24.3 Å². The van der Waals surface area contributed by atoms with Crippen molar-refractivity contribution in [1.29, 1.82) is 0 Å². The smallest absolute Gasteiger partial charge is 0.296 e. The van der Waals surface area contributed by atoms with Gasteiger partial charge in [0.25, 0.3) is 5.91 Å². The molecule has 0 spiro atoms. The Labute approximate surface area is 104 Å². The summed E-state index contributed by atoms with van der Waals surface area (Å²) >= 11 is 0. The molecule has 3 rings (SSSR count). The number of hydrogen-bond acceptors (Lipinski definition) is 4. The van der Waals surface area contributed by atoms with Crippen molar-refractivity contribution in [1.82, 2.24) is 4.90 Å². The van der Waals surface area contributed by atoms with Crippen molar-refractivity contribution in [3.63, 3.8) is 0 Å². The van der Waals surface area contributed by atoms with Crippen molar-refractivity contribution < 1.29 is 9.21 Å². The second-order valence-corrected chi connectivity index (χ2v) is 3.86. The van der Waals surface area contributed by atoms with Gasteiger partial charge in [0, 0.05) is 0 Å². The van der Waals surface area contributed by atoms with E-state index in [4.69, 9.17) is 4.42 Å². The van der Waals surface area contributed by atoms with Crippen molar-refractivity contribution in [2.75, 3.05) is 11.7 Å². The van der Waals surface area contributed by atoms with E-state index < -0.39 is 0 Å². The number of nitrogens with zero attached hydrogens (tertiary/aromatic N) is 3. The Morgan fingerprint density at radius 1 is 1.17 bits per heavy atom. The molecule has 0 aliphatic carbocycles. The molecule has 5 nitrogen and oxygen atoms in total. The Balaban J connectivity index is 1.74. The van der Waals surface area contributed by atoms with E-state index >= 15 is 0 Å². The van der Waals surface area contributed by atoms with Crippen molar-refractivity contribution in [3.05, 3.63) is 54.5 Å². The van der Waals surface area contributed by atoms with Crippen LogP contribution in [0, 0.1) is 0 Å². The minimum Gasteiger partial charge on any atom is -0.459 e. The van der Waals surface area contributed by atoms with Gasteiger partial charge in [0.2, 0.25) is 0 Å². The summed E-state index contributed by atoms with van der Waals surface area (Å²) in [6.07, 6.45) is 2.99. The zero-order valence-corrected chi connectivity index (χ0v) is 9.56. The second-order valence-electron chi connectivity index (χ2n) is 3.86. The minimum absolute atomic E-state index is 0.192. The molecule has 0 saturated heterocycles. The fourth-order valence-corrected chi connectivity index (χ4v) is 1.75. The molecule has 1 aliphatic heterocycles. The van der Waals surface area contributed by atoms with Crippen molar-refractivity contribution in [2.24, 2.45) is 5.10 Å². The van der Waals surface area contributed by atoms with E-state index in [-0.39, 0.29) is 5.91 Å². The van der Waals surface area contributed by atoms with Crippen molar-refractivity contribution >= 4 is 17.9 Å². The third-order valence-corrected chi connectivity index (χ3v) is 2.66. The lowest BCUT2D eigenvalue weighted by Gasteiger charge is -2.16. The average molecular weight is 241 g/mol. The molecule has 90 valence electrons. The Morgan fingerprint density at radius 3 is 2.72 bits per heavy atom. The zero-order chi connectivity index (χ0) is 12.4. The van der Waals surface area contributed by atoms with Gasteiger partial charge in [-0.3, -0.25) is 9.69 Å². The SMILES string of the molecule is O=C(c1ccco1)N1C=NN(c2ccccc2)C1. The van der Waals surface area contributed by atoms with Crippen LogP contribution in [0.15, 0.2) is 58.2 Å². The number of amides is 1. The minimum atomic E-state index is -0.192. The highest BCUT2D eigenvalue weighted by Crippen LogP contribution is 2.18. The number of rotatable bonds is 2. The molecule has 1 aliphatic rings. The van der Waals surface area contributed by atoms with Gasteiger partial charge in [-0.15, -0.1) is 0 Å². The zero-order valence-electron chi connectivity index (χ0n) is 9.56. The predicted molar refractivity (Wildman–Crippen MR) is 67.2 cm³/mol. The van der Waals surface area contributed by atoms with Crippen LogP contribution in [0.1, 0.15) is 10.6 Å². The van der Waals surface area contributed by atoms with E-state index in [1.165, 1.54) is 17.5 Å². The van der Waals surface area contributed by atoms with Gasteiger partial charge in [0.05, 0.1) is 12.0 Å². The molecule has 18 heavy (non-hydrogen) atoms. The number of carbonyl (C=O) groups is 1. The summed E-state index contributed by atoms with van der Waals surface area (Å²) < 4.78 is 5.08. The summed E-state index contributed by atoms with van der Waals surface area (Å²) in [6, 6.07) is 13.0. The molecule has 0 atom stereocenters. The van der Waals surface area contributed by atoms with Crippen LogP contribution in [0.4, 0.5) is 5.69 Å². The van der Waals surface area contributed by atoms with Gasteiger partial charge in [-0.25, -0.2) is 5.01 Å². The quantitative estimate of drug-likeness (QED) is 0.809. The normalized spacial score (nSPS) is 14.2. The average Bonchev–Trinajstić information content (AvgIpc) is 3.10. The highest BCUT2D eigenvalue weighted by molar-refractivity contribution is 5.99. The standard InChI is InChI=1S/C13H11N3O2/c17-13(12-7-4-8-18-12)15-9-14-16(10-15)11-5-2-1-3-6-11/h1-9H,10H2. The largest absolute Gasteiger partial charge is 0.459 e. The highest BCUT2D eigenvalue weighted by atomic mass is 16.3. The number of furan rings is 1. The summed E-state index contributed by atoms with van der Waals surface area (Å²) in [5, 5.41) is 5.94. The topological polar surface area (TPSA) is 49.1 Å². The summed E-state index contributed by atoms with van der Waals surface area (Å²) in [7, 11) is 0. The molecule has 0 unspecified atom stereocenters. The van der Waals surface area contributed by atoms with Crippen LogP contribution in [-0.2, 0) is 0 Å². The summed E-state index contributed by atoms with van der Waals surface area (Å²) in [5.41, 5.74) is 0.948. The van der Waals surface area contributed by atoms with Gasteiger partial charge in [0.1, 0.15) is 13.0 Å². The third-order valence-electron chi connectivity index (χ3n) is 2.66. The first-order valence-electron chi connectivity index (χ1n) is 5.56. The van der Waals surface area contributed by atoms with Crippen LogP contribution in [0.25, 0.3) is 0 Å². The molecular weight excluding hydrogens is 230 g/mol. The maximum absolute atomic E-state index is 12.0. The molecule has 0 bridgehead atoms. The van der Waals surface area contributed by atoms with Crippen molar-refractivity contribution in [3.8, 4) is 0 Å². The summed E-state index contributed by atoms with van der Waals surface area (Å²) in [5.74, 6) is 0.124. The Hall–Kier alpha value is -2.56. The maximum atomic E-state index is 12.0. The van der Waals surface area contributed by atoms with Crippen LogP contribution < -0.4 is 5.01 Å². The van der Waals surface area contributed by atoms with E-state index in [1.807, 2.05) is 30.3 Å². The third kappa shape index (κ3) is 1.86. The van der Waals surface area contributed by atoms with Gasteiger partial charge < -0.3 is 4.42 Å². The molecule has 1 aromatic carbocycles. The fraction of sp³-hybridized carbons (Fsp3) is 0.0769. The Kier molecular flexibility index (Phi) is 2.57. The van der Waals surface area contributed by atoms with E-state index in [0.717, 1.165) is 5.69 Å². The molecule has 2 aromatic rings. The number of hydrazone groups is 1. The lowest BCUT2D eigenvalue weighted by atomic mass is 10.3. The number of anilines is 1. The molecule has 0 fully saturated rings. The Morgan fingerprint density at radius 2 is 2.00 bits per heavy atom. The van der Waals surface area contributed by atoms with Crippen LogP contribution in [0.3, 0.4) is 0 Å². The first-order chi connectivity index (χ1) is 8.84. The Bertz CT molecular complexity index is 563.